The van der Waals surface area contributed by atoms with Gasteiger partial charge in [-0.1, -0.05) is 12.1 Å². The van der Waals surface area contributed by atoms with Crippen LogP contribution in [0.4, 0.5) is 0 Å². The highest BCUT2D eigenvalue weighted by Gasteiger charge is 2.30. The van der Waals surface area contributed by atoms with Crippen LogP contribution in [-0.4, -0.2) is 31.6 Å². The van der Waals surface area contributed by atoms with Crippen LogP contribution in [0.1, 0.15) is 38.2 Å². The molecular formula is C16H24N2O2. The molecule has 20 heavy (non-hydrogen) atoms. The van der Waals surface area contributed by atoms with Gasteiger partial charge in [0, 0.05) is 12.1 Å². The number of nitrogens with one attached hydrogen (secondary N) is 2. The fourth-order valence-corrected chi connectivity index (χ4v) is 2.54. The van der Waals surface area contributed by atoms with Gasteiger partial charge >= 0.3 is 0 Å². The van der Waals surface area contributed by atoms with E-state index in [-0.39, 0.29) is 11.9 Å². The molecule has 1 aromatic rings. The number of hydrogen-bond acceptors (Lipinski definition) is 3. The minimum atomic E-state index is 0.0768. The number of methoxy groups -OCH3 is 1. The third-order valence-corrected chi connectivity index (χ3v) is 3.73. The summed E-state index contributed by atoms with van der Waals surface area (Å²) < 4.78 is 5.16. The van der Waals surface area contributed by atoms with E-state index in [1.807, 2.05) is 26.0 Å². The number of hydrogen-bond donors (Lipinski definition) is 2. The molecule has 0 atom stereocenters. The molecule has 110 valence electrons. The number of rotatable bonds is 6. The number of carbonyl (C=O) groups excluding carboxylic acids is 1. The van der Waals surface area contributed by atoms with Crippen LogP contribution >= 0.6 is 0 Å². The van der Waals surface area contributed by atoms with Gasteiger partial charge in [0.15, 0.2) is 0 Å². The minimum absolute atomic E-state index is 0.0768. The summed E-state index contributed by atoms with van der Waals surface area (Å²) in [6.07, 6.45) is 2.20. The number of benzene rings is 1. The molecular weight excluding hydrogens is 252 g/mol. The van der Waals surface area contributed by atoms with Gasteiger partial charge in [-0.25, -0.2) is 0 Å². The lowest BCUT2D eigenvalue weighted by atomic mass is 9.76. The smallest absolute Gasteiger partial charge is 0.234 e. The maximum atomic E-state index is 11.5. The molecule has 0 aromatic heterocycles. The van der Waals surface area contributed by atoms with E-state index in [2.05, 4.69) is 22.8 Å². The Morgan fingerprint density at radius 2 is 1.95 bits per heavy atom. The van der Waals surface area contributed by atoms with Crippen LogP contribution in [0.15, 0.2) is 24.3 Å². The zero-order valence-corrected chi connectivity index (χ0v) is 12.5. The Kier molecular flexibility index (Phi) is 5.01. The van der Waals surface area contributed by atoms with Crippen LogP contribution in [0.25, 0.3) is 0 Å². The van der Waals surface area contributed by atoms with Crippen LogP contribution in [0.5, 0.6) is 5.75 Å². The van der Waals surface area contributed by atoms with E-state index in [0.29, 0.717) is 18.5 Å². The molecule has 4 heteroatoms. The van der Waals surface area contributed by atoms with Crippen molar-refractivity contribution in [1.82, 2.24) is 10.6 Å². The van der Waals surface area contributed by atoms with E-state index in [4.69, 9.17) is 4.74 Å². The van der Waals surface area contributed by atoms with Crippen molar-refractivity contribution in [3.8, 4) is 5.75 Å². The topological polar surface area (TPSA) is 50.4 Å². The molecule has 1 aliphatic carbocycles. The quantitative estimate of drug-likeness (QED) is 0.836. The van der Waals surface area contributed by atoms with Crippen LogP contribution in [0.3, 0.4) is 0 Å². The Hall–Kier alpha value is -1.55. The van der Waals surface area contributed by atoms with E-state index in [1.54, 1.807) is 7.11 Å². The van der Waals surface area contributed by atoms with Gasteiger partial charge < -0.3 is 15.4 Å². The molecule has 2 rings (SSSR count). The zero-order chi connectivity index (χ0) is 14.5. The van der Waals surface area contributed by atoms with E-state index in [1.165, 1.54) is 5.56 Å². The van der Waals surface area contributed by atoms with Gasteiger partial charge in [-0.15, -0.1) is 0 Å². The van der Waals surface area contributed by atoms with Crippen molar-refractivity contribution in [1.29, 1.82) is 0 Å². The molecule has 1 aromatic carbocycles. The summed E-state index contributed by atoms with van der Waals surface area (Å²) in [5, 5.41) is 6.20. The summed E-state index contributed by atoms with van der Waals surface area (Å²) in [4.78, 5) is 11.5. The molecule has 0 saturated heterocycles. The highest BCUT2D eigenvalue weighted by atomic mass is 16.5. The van der Waals surface area contributed by atoms with Gasteiger partial charge in [-0.3, -0.25) is 4.79 Å². The molecule has 1 aliphatic rings. The van der Waals surface area contributed by atoms with Crippen molar-refractivity contribution in [3.63, 3.8) is 0 Å². The average molecular weight is 276 g/mol. The largest absolute Gasteiger partial charge is 0.497 e. The lowest BCUT2D eigenvalue weighted by molar-refractivity contribution is -0.121. The molecule has 0 spiro atoms. The Morgan fingerprint density at radius 1 is 1.30 bits per heavy atom. The SMILES string of the molecule is COc1ccc(C2CC(NCC(=O)NC(C)C)C2)cc1. The first kappa shape index (κ1) is 14.9. The number of amides is 1. The average Bonchev–Trinajstić information content (AvgIpc) is 2.36. The van der Waals surface area contributed by atoms with Gasteiger partial charge in [0.1, 0.15) is 5.75 Å². The first-order valence-electron chi connectivity index (χ1n) is 7.25. The van der Waals surface area contributed by atoms with Crippen LogP contribution in [-0.2, 0) is 4.79 Å². The first-order chi connectivity index (χ1) is 9.58. The molecule has 0 radical (unpaired) electrons. The summed E-state index contributed by atoms with van der Waals surface area (Å²) >= 11 is 0. The second kappa shape index (κ2) is 6.75. The van der Waals surface area contributed by atoms with Gasteiger partial charge in [0.25, 0.3) is 0 Å². The molecule has 0 heterocycles. The third-order valence-electron chi connectivity index (χ3n) is 3.73. The minimum Gasteiger partial charge on any atom is -0.497 e. The van der Waals surface area contributed by atoms with E-state index < -0.39 is 0 Å². The van der Waals surface area contributed by atoms with Gasteiger partial charge in [0.05, 0.1) is 13.7 Å². The van der Waals surface area contributed by atoms with E-state index in [0.717, 1.165) is 18.6 Å². The Balaban J connectivity index is 1.70. The van der Waals surface area contributed by atoms with Gasteiger partial charge in [-0.05, 0) is 50.3 Å². The van der Waals surface area contributed by atoms with Crippen molar-refractivity contribution in [3.05, 3.63) is 29.8 Å². The predicted molar refractivity (Wildman–Crippen MR) is 80.0 cm³/mol. The Labute approximate surface area is 120 Å². The van der Waals surface area contributed by atoms with Crippen molar-refractivity contribution < 1.29 is 9.53 Å². The second-order valence-corrected chi connectivity index (χ2v) is 5.74. The van der Waals surface area contributed by atoms with Crippen molar-refractivity contribution in [2.45, 2.75) is 44.7 Å². The van der Waals surface area contributed by atoms with Crippen molar-refractivity contribution in [2.75, 3.05) is 13.7 Å². The lowest BCUT2D eigenvalue weighted by Gasteiger charge is -2.36. The normalized spacial score (nSPS) is 21.4. The summed E-state index contributed by atoms with van der Waals surface area (Å²) in [7, 11) is 1.68. The highest BCUT2D eigenvalue weighted by molar-refractivity contribution is 5.78. The second-order valence-electron chi connectivity index (χ2n) is 5.74. The Bertz CT molecular complexity index is 436. The standard InChI is InChI=1S/C16H24N2O2/c1-11(2)18-16(19)10-17-14-8-13(9-14)12-4-6-15(20-3)7-5-12/h4-7,11,13-14,17H,8-10H2,1-3H3,(H,18,19). The predicted octanol–water partition coefficient (Wildman–Crippen LogP) is 2.06. The lowest BCUT2D eigenvalue weighted by Crippen LogP contribution is -2.46. The van der Waals surface area contributed by atoms with E-state index >= 15 is 0 Å². The van der Waals surface area contributed by atoms with Gasteiger partial charge in [-0.2, -0.15) is 0 Å². The van der Waals surface area contributed by atoms with Gasteiger partial charge in [0.2, 0.25) is 5.91 Å². The molecule has 1 fully saturated rings. The molecule has 2 N–H and O–H groups in total. The molecule has 0 aliphatic heterocycles. The van der Waals surface area contributed by atoms with Crippen molar-refractivity contribution in [2.24, 2.45) is 0 Å². The monoisotopic (exact) mass is 276 g/mol. The summed E-state index contributed by atoms with van der Waals surface area (Å²) in [6, 6.07) is 8.94. The van der Waals surface area contributed by atoms with Crippen LogP contribution < -0.4 is 15.4 Å². The van der Waals surface area contributed by atoms with Crippen LogP contribution in [0, 0.1) is 0 Å². The molecule has 0 unspecified atom stereocenters. The highest BCUT2D eigenvalue weighted by Crippen LogP contribution is 2.37. The molecule has 4 nitrogen and oxygen atoms in total. The fraction of sp³-hybridized carbons (Fsp3) is 0.562. The Morgan fingerprint density at radius 3 is 2.50 bits per heavy atom. The molecule has 1 saturated carbocycles. The molecule has 0 bridgehead atoms. The fourth-order valence-electron chi connectivity index (χ4n) is 2.54. The summed E-state index contributed by atoms with van der Waals surface area (Å²) in [5.74, 6) is 1.58. The van der Waals surface area contributed by atoms with E-state index in [9.17, 15) is 4.79 Å². The maximum Gasteiger partial charge on any atom is 0.234 e. The summed E-state index contributed by atoms with van der Waals surface area (Å²) in [5.41, 5.74) is 1.36. The number of ether oxygens (including phenoxy) is 1. The molecule has 1 amide bonds. The van der Waals surface area contributed by atoms with Crippen LogP contribution in [0.2, 0.25) is 0 Å². The summed E-state index contributed by atoms with van der Waals surface area (Å²) in [6.45, 7) is 4.36. The number of carbonyl (C=O) groups is 1. The van der Waals surface area contributed by atoms with Crippen molar-refractivity contribution >= 4 is 5.91 Å². The maximum absolute atomic E-state index is 11.5. The zero-order valence-electron chi connectivity index (χ0n) is 12.5. The first-order valence-corrected chi connectivity index (χ1v) is 7.25. The third kappa shape index (κ3) is 3.97.